The third-order valence-corrected chi connectivity index (χ3v) is 7.31. The van der Waals surface area contributed by atoms with Gasteiger partial charge in [-0.05, 0) is 42.8 Å². The van der Waals surface area contributed by atoms with Gasteiger partial charge in [0.05, 0.1) is 16.0 Å². The maximum Gasteiger partial charge on any atom is 0.490 e. The lowest BCUT2D eigenvalue weighted by molar-refractivity contribution is -0.192. The van der Waals surface area contributed by atoms with Crippen molar-refractivity contribution in [3.05, 3.63) is 83.2 Å². The van der Waals surface area contributed by atoms with E-state index in [4.69, 9.17) is 9.90 Å². The summed E-state index contributed by atoms with van der Waals surface area (Å²) in [6, 6.07) is 20.8. The predicted molar refractivity (Wildman–Crippen MR) is 145 cm³/mol. The minimum atomic E-state index is -5.08. The number of rotatable bonds is 5. The lowest BCUT2D eigenvalue weighted by Crippen LogP contribution is -2.33. The van der Waals surface area contributed by atoms with Gasteiger partial charge in [0.1, 0.15) is 6.04 Å². The zero-order chi connectivity index (χ0) is 29.9. The summed E-state index contributed by atoms with van der Waals surface area (Å²) >= 11 is 0. The van der Waals surface area contributed by atoms with Gasteiger partial charge in [-0.2, -0.15) is 18.3 Å². The lowest BCUT2D eigenvalue weighted by atomic mass is 10.0. The highest BCUT2D eigenvalue weighted by atomic mass is 32.2. The molecule has 0 spiro atoms. The van der Waals surface area contributed by atoms with E-state index < -0.39 is 28.0 Å². The first kappa shape index (κ1) is 29.3. The Morgan fingerprint density at radius 2 is 1.66 bits per heavy atom. The van der Waals surface area contributed by atoms with E-state index in [0.29, 0.717) is 29.7 Å². The largest absolute Gasteiger partial charge is 0.490 e. The third-order valence-electron chi connectivity index (χ3n) is 6.20. The molecule has 1 atom stereocenters. The number of carboxylic acid groups (broad SMARTS) is 1. The van der Waals surface area contributed by atoms with Crippen molar-refractivity contribution < 1.29 is 36.3 Å². The van der Waals surface area contributed by atoms with Crippen molar-refractivity contribution in [2.24, 2.45) is 0 Å². The Labute approximate surface area is 231 Å². The SMILES string of the molecule is CS(=O)(=O)c1cccc(NC2CCN(c3ccc(-c4n[nH]c(=O)c5ccccc45)cc3)C2=O)c1.O=C(O)C(F)(F)F. The lowest BCUT2D eigenvalue weighted by Gasteiger charge is -2.18. The van der Waals surface area contributed by atoms with Crippen LogP contribution in [0.4, 0.5) is 24.5 Å². The molecule has 0 aliphatic carbocycles. The van der Waals surface area contributed by atoms with E-state index in [1.807, 2.05) is 42.5 Å². The van der Waals surface area contributed by atoms with Gasteiger partial charge in [-0.3, -0.25) is 9.59 Å². The molecule has 0 saturated carbocycles. The quantitative estimate of drug-likeness (QED) is 0.318. The van der Waals surface area contributed by atoms with Gasteiger partial charge in [0, 0.05) is 35.1 Å². The summed E-state index contributed by atoms with van der Waals surface area (Å²) in [4.78, 5) is 35.9. The van der Waals surface area contributed by atoms with E-state index in [9.17, 15) is 31.2 Å². The zero-order valence-corrected chi connectivity index (χ0v) is 22.2. The minimum absolute atomic E-state index is 0.0786. The summed E-state index contributed by atoms with van der Waals surface area (Å²) in [5.41, 5.74) is 2.61. The van der Waals surface area contributed by atoms with Crippen LogP contribution in [-0.4, -0.2) is 60.6 Å². The fourth-order valence-corrected chi connectivity index (χ4v) is 4.89. The number of alkyl halides is 3. The Morgan fingerprint density at radius 1 is 1.02 bits per heavy atom. The molecular formula is C27H23F3N4O6S. The average molecular weight is 589 g/mol. The highest BCUT2D eigenvalue weighted by Gasteiger charge is 2.38. The van der Waals surface area contributed by atoms with Crippen LogP contribution in [0.15, 0.2) is 82.5 Å². The number of carbonyl (C=O) groups excluding carboxylic acids is 1. The molecule has 1 unspecified atom stereocenters. The number of fused-ring (bicyclic) bond motifs is 1. The van der Waals surface area contributed by atoms with Gasteiger partial charge < -0.3 is 15.3 Å². The number of carboxylic acids is 1. The number of nitrogens with one attached hydrogen (secondary N) is 2. The van der Waals surface area contributed by atoms with E-state index >= 15 is 0 Å². The number of sulfone groups is 1. The number of nitrogens with zero attached hydrogens (tertiary/aromatic N) is 2. The van der Waals surface area contributed by atoms with E-state index in [2.05, 4.69) is 15.5 Å². The molecule has 1 saturated heterocycles. The van der Waals surface area contributed by atoms with Gasteiger partial charge in [0.2, 0.25) is 5.91 Å². The summed E-state index contributed by atoms with van der Waals surface area (Å²) in [6.07, 6.45) is -3.33. The van der Waals surface area contributed by atoms with Crippen LogP contribution in [0.25, 0.3) is 22.0 Å². The molecule has 4 aromatic rings. The van der Waals surface area contributed by atoms with Gasteiger partial charge in [-0.25, -0.2) is 18.3 Å². The Morgan fingerprint density at radius 3 is 2.27 bits per heavy atom. The Hall–Kier alpha value is -4.72. The predicted octanol–water partition coefficient (Wildman–Crippen LogP) is 3.84. The van der Waals surface area contributed by atoms with Crippen molar-refractivity contribution in [3.63, 3.8) is 0 Å². The van der Waals surface area contributed by atoms with Gasteiger partial charge in [0.15, 0.2) is 9.84 Å². The first-order chi connectivity index (χ1) is 19.3. The molecule has 5 rings (SSSR count). The fourth-order valence-electron chi connectivity index (χ4n) is 4.22. The highest BCUT2D eigenvalue weighted by molar-refractivity contribution is 7.90. The van der Waals surface area contributed by atoms with Crippen molar-refractivity contribution in [1.82, 2.24) is 10.2 Å². The molecule has 3 aromatic carbocycles. The van der Waals surface area contributed by atoms with E-state index in [0.717, 1.165) is 22.9 Å². The molecule has 10 nitrogen and oxygen atoms in total. The van der Waals surface area contributed by atoms with Crippen molar-refractivity contribution >= 4 is 43.9 Å². The molecule has 41 heavy (non-hydrogen) atoms. The molecule has 0 bridgehead atoms. The van der Waals surface area contributed by atoms with Crippen LogP contribution in [0.5, 0.6) is 0 Å². The monoisotopic (exact) mass is 588 g/mol. The molecule has 214 valence electrons. The van der Waals surface area contributed by atoms with Gasteiger partial charge >= 0.3 is 12.1 Å². The number of aromatic nitrogens is 2. The maximum atomic E-state index is 13.1. The van der Waals surface area contributed by atoms with Gasteiger partial charge in [-0.15, -0.1) is 0 Å². The van der Waals surface area contributed by atoms with Gasteiger partial charge in [-0.1, -0.05) is 36.4 Å². The second-order valence-electron chi connectivity index (χ2n) is 9.07. The molecule has 0 radical (unpaired) electrons. The van der Waals surface area contributed by atoms with Crippen LogP contribution in [0.1, 0.15) is 6.42 Å². The molecule has 1 aliphatic rings. The second-order valence-corrected chi connectivity index (χ2v) is 11.1. The van der Waals surface area contributed by atoms with Crippen molar-refractivity contribution in [1.29, 1.82) is 0 Å². The number of H-pyrrole nitrogens is 1. The van der Waals surface area contributed by atoms with Crippen LogP contribution >= 0.6 is 0 Å². The molecular weight excluding hydrogens is 565 g/mol. The molecule has 1 fully saturated rings. The van der Waals surface area contributed by atoms with Crippen molar-refractivity contribution in [3.8, 4) is 11.3 Å². The van der Waals surface area contributed by atoms with E-state index in [1.54, 1.807) is 29.2 Å². The number of carbonyl (C=O) groups is 2. The average Bonchev–Trinajstić information content (AvgIpc) is 3.28. The number of amides is 1. The summed E-state index contributed by atoms with van der Waals surface area (Å²) < 4.78 is 55.4. The number of aromatic amines is 1. The molecule has 14 heteroatoms. The highest BCUT2D eigenvalue weighted by Crippen LogP contribution is 2.29. The number of aliphatic carboxylic acids is 1. The van der Waals surface area contributed by atoms with Crippen molar-refractivity contribution in [2.75, 3.05) is 23.0 Å². The van der Waals surface area contributed by atoms with Crippen LogP contribution < -0.4 is 15.8 Å². The smallest absolute Gasteiger partial charge is 0.475 e. The van der Waals surface area contributed by atoms with Crippen molar-refractivity contribution in [2.45, 2.75) is 23.5 Å². The standard InChI is InChI=1S/C25H22N4O4S.C2HF3O2/c1-34(32,33)19-6-4-5-17(15-19)26-22-13-14-29(25(22)31)18-11-9-16(10-12-18)23-20-7-2-3-8-21(20)24(30)28-27-23;3-2(4,5)1(6)7/h2-12,15,22,26H,13-14H2,1H3,(H,28,30);(H,6,7). The number of halogens is 3. The van der Waals surface area contributed by atoms with Crippen LogP contribution in [-0.2, 0) is 19.4 Å². The maximum absolute atomic E-state index is 13.1. The van der Waals surface area contributed by atoms with Crippen LogP contribution in [0.3, 0.4) is 0 Å². The van der Waals surface area contributed by atoms with Crippen LogP contribution in [0, 0.1) is 0 Å². The fraction of sp³-hybridized carbons (Fsp3) is 0.185. The Balaban J connectivity index is 0.000000493. The van der Waals surface area contributed by atoms with Crippen LogP contribution in [0.2, 0.25) is 0 Å². The first-order valence-corrected chi connectivity index (χ1v) is 13.9. The van der Waals surface area contributed by atoms with Gasteiger partial charge in [0.25, 0.3) is 5.56 Å². The zero-order valence-electron chi connectivity index (χ0n) is 21.3. The summed E-state index contributed by atoms with van der Waals surface area (Å²) in [5, 5.41) is 18.4. The molecule has 3 N–H and O–H groups in total. The molecule has 2 heterocycles. The number of benzene rings is 3. The molecule has 1 amide bonds. The third kappa shape index (κ3) is 6.72. The minimum Gasteiger partial charge on any atom is -0.475 e. The van der Waals surface area contributed by atoms with E-state index in [-0.39, 0.29) is 16.4 Å². The summed E-state index contributed by atoms with van der Waals surface area (Å²) in [5.74, 6) is -2.84. The normalized spacial score (nSPS) is 15.4. The Bertz CT molecular complexity index is 1770. The second kappa shape index (κ2) is 11.4. The topological polar surface area (TPSA) is 150 Å². The van der Waals surface area contributed by atoms with E-state index in [1.165, 1.54) is 6.07 Å². The Kier molecular flexibility index (Phi) is 8.14. The summed E-state index contributed by atoms with van der Waals surface area (Å²) in [7, 11) is -3.33. The first-order valence-electron chi connectivity index (χ1n) is 12.0. The molecule has 1 aromatic heterocycles. The number of hydrogen-bond donors (Lipinski definition) is 3. The summed E-state index contributed by atoms with van der Waals surface area (Å²) in [6.45, 7) is 0.543. The number of anilines is 2. The molecule has 1 aliphatic heterocycles. The number of hydrogen-bond acceptors (Lipinski definition) is 7.